The Balaban J connectivity index is 2.98. The maximum absolute atomic E-state index is 11.9. The molecule has 0 aromatic heterocycles. The van der Waals surface area contributed by atoms with Gasteiger partial charge in [-0.3, -0.25) is 4.79 Å². The molecule has 0 radical (unpaired) electrons. The van der Waals surface area contributed by atoms with Crippen LogP contribution >= 0.6 is 15.9 Å². The largest absolute Gasteiger partial charge is 0.494 e. The number of rotatable bonds is 7. The summed E-state index contributed by atoms with van der Waals surface area (Å²) in [5.41, 5.74) is 0.620. The van der Waals surface area contributed by atoms with Crippen LogP contribution in [0.15, 0.2) is 18.2 Å². The molecule has 3 nitrogen and oxygen atoms in total. The van der Waals surface area contributed by atoms with Crippen molar-refractivity contribution in [3.63, 3.8) is 0 Å². The Hall–Kier alpha value is -1.03. The number of hydrogen-bond donors (Lipinski definition) is 0. The van der Waals surface area contributed by atoms with E-state index in [-0.39, 0.29) is 5.78 Å². The number of ketones is 1. The zero-order valence-electron chi connectivity index (χ0n) is 10.2. The third-order valence-electron chi connectivity index (χ3n) is 2.19. The second-order valence-corrected chi connectivity index (χ2v) is 4.18. The zero-order chi connectivity index (χ0) is 12.7. The first-order valence-corrected chi connectivity index (χ1v) is 6.83. The molecule has 0 aliphatic heterocycles. The quantitative estimate of drug-likeness (QED) is 0.571. The third kappa shape index (κ3) is 4.04. The second-order valence-electron chi connectivity index (χ2n) is 3.39. The van der Waals surface area contributed by atoms with E-state index >= 15 is 0 Å². The lowest BCUT2D eigenvalue weighted by atomic mass is 10.1. The van der Waals surface area contributed by atoms with Crippen LogP contribution in [0.3, 0.4) is 0 Å². The summed E-state index contributed by atoms with van der Waals surface area (Å²) in [6.07, 6.45) is 0.466. The van der Waals surface area contributed by atoms with E-state index in [1.807, 2.05) is 13.8 Å². The molecule has 17 heavy (non-hydrogen) atoms. The molecular weight excluding hydrogens is 284 g/mol. The van der Waals surface area contributed by atoms with Gasteiger partial charge in [0.25, 0.3) is 0 Å². The van der Waals surface area contributed by atoms with E-state index in [9.17, 15) is 4.79 Å². The Morgan fingerprint density at radius 3 is 2.53 bits per heavy atom. The van der Waals surface area contributed by atoms with Gasteiger partial charge in [-0.05, 0) is 26.0 Å². The van der Waals surface area contributed by atoms with Crippen LogP contribution in [-0.2, 0) is 0 Å². The molecule has 1 aromatic carbocycles. The molecule has 0 heterocycles. The van der Waals surface area contributed by atoms with Gasteiger partial charge in [0.2, 0.25) is 0 Å². The smallest absolute Gasteiger partial charge is 0.167 e. The molecule has 94 valence electrons. The lowest BCUT2D eigenvalue weighted by Crippen LogP contribution is -2.05. The van der Waals surface area contributed by atoms with Gasteiger partial charge in [0.1, 0.15) is 11.5 Å². The number of carbonyl (C=O) groups is 1. The number of Topliss-reactive ketones (excluding diaryl/α,β-unsaturated/α-hetero) is 1. The Morgan fingerprint density at radius 2 is 1.94 bits per heavy atom. The van der Waals surface area contributed by atoms with Crippen LogP contribution in [0.25, 0.3) is 0 Å². The molecule has 0 aliphatic rings. The van der Waals surface area contributed by atoms with Crippen LogP contribution in [-0.4, -0.2) is 24.3 Å². The molecule has 0 spiro atoms. The number of ether oxygens (including phenoxy) is 2. The van der Waals surface area contributed by atoms with Crippen molar-refractivity contribution in [1.29, 1.82) is 0 Å². The Morgan fingerprint density at radius 1 is 1.24 bits per heavy atom. The normalized spacial score (nSPS) is 10.1. The maximum Gasteiger partial charge on any atom is 0.167 e. The number of benzene rings is 1. The molecule has 0 atom stereocenters. The van der Waals surface area contributed by atoms with Gasteiger partial charge >= 0.3 is 0 Å². The molecular formula is C13H17BrO3. The molecule has 0 unspecified atom stereocenters. The van der Waals surface area contributed by atoms with Crippen molar-refractivity contribution in [2.45, 2.75) is 20.3 Å². The van der Waals surface area contributed by atoms with E-state index in [1.165, 1.54) is 0 Å². The van der Waals surface area contributed by atoms with Crippen molar-refractivity contribution >= 4 is 21.7 Å². The van der Waals surface area contributed by atoms with E-state index in [2.05, 4.69) is 15.9 Å². The summed E-state index contributed by atoms with van der Waals surface area (Å²) >= 11 is 3.26. The molecule has 0 saturated heterocycles. The topological polar surface area (TPSA) is 35.5 Å². The van der Waals surface area contributed by atoms with Gasteiger partial charge < -0.3 is 9.47 Å². The van der Waals surface area contributed by atoms with Gasteiger partial charge in [0.15, 0.2) is 5.78 Å². The average Bonchev–Trinajstić information content (AvgIpc) is 2.30. The molecule has 4 heteroatoms. The summed E-state index contributed by atoms with van der Waals surface area (Å²) in [4.78, 5) is 11.9. The van der Waals surface area contributed by atoms with Gasteiger partial charge in [-0.2, -0.15) is 0 Å². The summed E-state index contributed by atoms with van der Waals surface area (Å²) in [6, 6.07) is 5.34. The Kier molecular flexibility index (Phi) is 6.05. The lowest BCUT2D eigenvalue weighted by molar-refractivity contribution is 0.0986. The molecule has 0 saturated carbocycles. The minimum Gasteiger partial charge on any atom is -0.494 e. The molecule has 0 amide bonds. The van der Waals surface area contributed by atoms with Crippen LogP contribution in [0, 0.1) is 0 Å². The summed E-state index contributed by atoms with van der Waals surface area (Å²) in [5, 5.41) is 0.657. The van der Waals surface area contributed by atoms with Gasteiger partial charge in [-0.15, -0.1) is 0 Å². The van der Waals surface area contributed by atoms with Gasteiger partial charge in [-0.1, -0.05) is 15.9 Å². The van der Waals surface area contributed by atoms with E-state index < -0.39 is 0 Å². The fourth-order valence-electron chi connectivity index (χ4n) is 1.48. The first-order valence-electron chi connectivity index (χ1n) is 5.71. The predicted molar refractivity (Wildman–Crippen MR) is 71.5 cm³/mol. The van der Waals surface area contributed by atoms with Crippen LogP contribution in [0.2, 0.25) is 0 Å². The number of carbonyl (C=O) groups excluding carboxylic acids is 1. The Labute approximate surface area is 110 Å². The highest BCUT2D eigenvalue weighted by Gasteiger charge is 2.12. The zero-order valence-corrected chi connectivity index (χ0v) is 11.7. The van der Waals surface area contributed by atoms with Crippen molar-refractivity contribution < 1.29 is 14.3 Å². The lowest BCUT2D eigenvalue weighted by Gasteiger charge is -2.11. The van der Waals surface area contributed by atoms with Crippen molar-refractivity contribution in [1.82, 2.24) is 0 Å². The monoisotopic (exact) mass is 300 g/mol. The summed E-state index contributed by atoms with van der Waals surface area (Å²) in [5.74, 6) is 1.41. The van der Waals surface area contributed by atoms with Crippen LogP contribution in [0.4, 0.5) is 0 Å². The number of alkyl halides is 1. The van der Waals surface area contributed by atoms with Crippen LogP contribution in [0.1, 0.15) is 30.6 Å². The number of halogens is 1. The average molecular weight is 301 g/mol. The molecule has 0 bridgehead atoms. The van der Waals surface area contributed by atoms with Gasteiger partial charge in [0.05, 0.1) is 18.8 Å². The Bertz CT molecular complexity index is 377. The van der Waals surface area contributed by atoms with Crippen molar-refractivity contribution in [3.05, 3.63) is 23.8 Å². The van der Waals surface area contributed by atoms with E-state index in [0.29, 0.717) is 36.3 Å². The summed E-state index contributed by atoms with van der Waals surface area (Å²) in [6.45, 7) is 4.95. The van der Waals surface area contributed by atoms with Crippen molar-refractivity contribution in [2.24, 2.45) is 0 Å². The van der Waals surface area contributed by atoms with E-state index in [0.717, 1.165) is 5.75 Å². The minimum absolute atomic E-state index is 0.0772. The minimum atomic E-state index is 0.0772. The molecule has 1 aromatic rings. The van der Waals surface area contributed by atoms with Crippen LogP contribution < -0.4 is 9.47 Å². The number of hydrogen-bond acceptors (Lipinski definition) is 3. The standard InChI is InChI=1S/C13H17BrO3/c1-3-16-10-5-6-11(12(15)7-8-14)13(9-10)17-4-2/h5-6,9H,3-4,7-8H2,1-2H3. The summed E-state index contributed by atoms with van der Waals surface area (Å²) in [7, 11) is 0. The highest BCUT2D eigenvalue weighted by molar-refractivity contribution is 9.09. The van der Waals surface area contributed by atoms with Crippen LogP contribution in [0.5, 0.6) is 11.5 Å². The van der Waals surface area contributed by atoms with Gasteiger partial charge in [-0.25, -0.2) is 0 Å². The fourth-order valence-corrected chi connectivity index (χ4v) is 1.85. The first kappa shape index (κ1) is 14.0. The predicted octanol–water partition coefficient (Wildman–Crippen LogP) is 3.45. The van der Waals surface area contributed by atoms with Crippen molar-refractivity contribution in [2.75, 3.05) is 18.5 Å². The SMILES string of the molecule is CCOc1ccc(C(=O)CCBr)c(OCC)c1. The molecule has 0 N–H and O–H groups in total. The second kappa shape index (κ2) is 7.33. The van der Waals surface area contributed by atoms with Crippen molar-refractivity contribution in [3.8, 4) is 11.5 Å². The van der Waals surface area contributed by atoms with E-state index in [1.54, 1.807) is 18.2 Å². The third-order valence-corrected chi connectivity index (χ3v) is 2.58. The molecule has 0 fully saturated rings. The fraction of sp³-hybridized carbons (Fsp3) is 0.462. The molecule has 1 rings (SSSR count). The van der Waals surface area contributed by atoms with Gasteiger partial charge in [0, 0.05) is 17.8 Å². The highest BCUT2D eigenvalue weighted by Crippen LogP contribution is 2.26. The summed E-state index contributed by atoms with van der Waals surface area (Å²) < 4.78 is 10.9. The highest BCUT2D eigenvalue weighted by atomic mass is 79.9. The maximum atomic E-state index is 11.9. The first-order chi connectivity index (χ1) is 8.22. The molecule has 0 aliphatic carbocycles. The van der Waals surface area contributed by atoms with E-state index in [4.69, 9.17) is 9.47 Å².